The SMILES string of the molecule is C/C=C\CC1COC(c2ccc(C3CCC(C4CCC(C(F)(F)Oc5ccc(Cl)c(F)c5)CC4)CC3)c(F)c2)OC1. The topological polar surface area (TPSA) is 27.7 Å². The molecule has 224 valence electrons. The molecule has 0 amide bonds. The standard InChI is InChI=1S/C33H39ClF4O3/c1-2-3-4-21-19-39-32(40-20-21)25-11-15-28(30(35)17-25)24-7-5-22(6-8-24)23-9-12-26(13-10-23)33(37,38)41-27-14-16-29(34)31(36)18-27/h2-3,11,14-18,21-24,26,32H,4-10,12-13,19-20H2,1H3/b3-2-. The van der Waals surface area contributed by atoms with Gasteiger partial charge in [-0.25, -0.2) is 8.78 Å². The summed E-state index contributed by atoms with van der Waals surface area (Å²) in [5.74, 6) is -0.777. The van der Waals surface area contributed by atoms with Crippen molar-refractivity contribution in [3.8, 4) is 5.75 Å². The van der Waals surface area contributed by atoms with Crippen molar-refractivity contribution in [1.82, 2.24) is 0 Å². The van der Waals surface area contributed by atoms with Crippen molar-refractivity contribution < 1.29 is 31.8 Å². The maximum absolute atomic E-state index is 15.2. The van der Waals surface area contributed by atoms with Crippen LogP contribution < -0.4 is 4.74 Å². The number of rotatable bonds is 8. The fraction of sp³-hybridized carbons (Fsp3) is 0.576. The molecule has 2 saturated carbocycles. The van der Waals surface area contributed by atoms with Gasteiger partial charge in [0.15, 0.2) is 6.29 Å². The Labute approximate surface area is 245 Å². The largest absolute Gasteiger partial charge is 0.432 e. The summed E-state index contributed by atoms with van der Waals surface area (Å²) in [6.45, 7) is 3.18. The maximum atomic E-state index is 15.2. The zero-order chi connectivity index (χ0) is 29.0. The van der Waals surface area contributed by atoms with E-state index >= 15 is 4.39 Å². The summed E-state index contributed by atoms with van der Waals surface area (Å²) < 4.78 is 75.2. The highest BCUT2D eigenvalue weighted by molar-refractivity contribution is 6.30. The first-order valence-corrected chi connectivity index (χ1v) is 15.3. The predicted octanol–water partition coefficient (Wildman–Crippen LogP) is 10.00. The third-order valence-electron chi connectivity index (χ3n) is 9.24. The van der Waals surface area contributed by atoms with Crippen molar-refractivity contribution in [1.29, 1.82) is 0 Å². The van der Waals surface area contributed by atoms with Crippen LogP contribution in [0.5, 0.6) is 5.75 Å². The molecule has 2 aromatic rings. The summed E-state index contributed by atoms with van der Waals surface area (Å²) in [6, 6.07) is 8.74. The molecule has 2 aromatic carbocycles. The lowest BCUT2D eigenvalue weighted by atomic mass is 9.68. The molecule has 1 heterocycles. The highest BCUT2D eigenvalue weighted by atomic mass is 35.5. The zero-order valence-electron chi connectivity index (χ0n) is 23.5. The summed E-state index contributed by atoms with van der Waals surface area (Å²) in [7, 11) is 0. The third kappa shape index (κ3) is 7.47. The van der Waals surface area contributed by atoms with Gasteiger partial charge in [-0.15, -0.1) is 0 Å². The molecule has 8 heteroatoms. The second-order valence-electron chi connectivity index (χ2n) is 11.9. The minimum absolute atomic E-state index is 0.131. The molecule has 3 aliphatic rings. The van der Waals surface area contributed by atoms with Gasteiger partial charge >= 0.3 is 6.11 Å². The van der Waals surface area contributed by atoms with Crippen LogP contribution in [0.25, 0.3) is 0 Å². The van der Waals surface area contributed by atoms with Crippen molar-refractivity contribution in [2.75, 3.05) is 13.2 Å². The Balaban J connectivity index is 1.08. The lowest BCUT2D eigenvalue weighted by Crippen LogP contribution is -2.38. The predicted molar refractivity (Wildman–Crippen MR) is 151 cm³/mol. The Morgan fingerprint density at radius 2 is 1.54 bits per heavy atom. The zero-order valence-corrected chi connectivity index (χ0v) is 24.2. The van der Waals surface area contributed by atoms with E-state index in [2.05, 4.69) is 6.08 Å². The van der Waals surface area contributed by atoms with Crippen molar-refractivity contribution in [2.45, 2.75) is 83.0 Å². The van der Waals surface area contributed by atoms with Gasteiger partial charge in [-0.3, -0.25) is 0 Å². The Morgan fingerprint density at radius 3 is 2.15 bits per heavy atom. The summed E-state index contributed by atoms with van der Waals surface area (Å²) in [5, 5.41) is -0.131. The summed E-state index contributed by atoms with van der Waals surface area (Å²) in [4.78, 5) is 0. The third-order valence-corrected chi connectivity index (χ3v) is 9.55. The van der Waals surface area contributed by atoms with Gasteiger partial charge in [-0.05, 0) is 106 Å². The molecule has 0 atom stereocenters. The van der Waals surface area contributed by atoms with Crippen molar-refractivity contribution in [3.05, 3.63) is 76.3 Å². The molecule has 5 rings (SSSR count). The Hall–Kier alpha value is -2.09. The van der Waals surface area contributed by atoms with Crippen molar-refractivity contribution in [2.24, 2.45) is 23.7 Å². The summed E-state index contributed by atoms with van der Waals surface area (Å²) in [6.07, 6.45) is 7.04. The van der Waals surface area contributed by atoms with E-state index in [0.29, 0.717) is 62.2 Å². The van der Waals surface area contributed by atoms with Crippen molar-refractivity contribution in [3.63, 3.8) is 0 Å². The van der Waals surface area contributed by atoms with Crippen LogP contribution in [0.3, 0.4) is 0 Å². The van der Waals surface area contributed by atoms with E-state index in [1.54, 1.807) is 6.07 Å². The molecule has 0 radical (unpaired) electrons. The molecule has 0 bridgehead atoms. The second kappa shape index (κ2) is 13.5. The molecule has 0 spiro atoms. The average molecular weight is 595 g/mol. The molecule has 0 N–H and O–H groups in total. The fourth-order valence-electron chi connectivity index (χ4n) is 6.83. The van der Waals surface area contributed by atoms with Crippen molar-refractivity contribution >= 4 is 11.6 Å². The molecule has 1 aliphatic heterocycles. The molecule has 3 nitrogen and oxygen atoms in total. The molecule has 0 unspecified atom stereocenters. The first kappa shape index (κ1) is 30.4. The lowest BCUT2D eigenvalue weighted by Gasteiger charge is -2.39. The summed E-state index contributed by atoms with van der Waals surface area (Å²) >= 11 is 5.65. The normalized spacial score (nSPS) is 29.5. The maximum Gasteiger partial charge on any atom is 0.400 e. The van der Waals surface area contributed by atoms with Gasteiger partial charge in [0, 0.05) is 17.5 Å². The van der Waals surface area contributed by atoms with Gasteiger partial charge in [0.05, 0.1) is 24.2 Å². The molecule has 41 heavy (non-hydrogen) atoms. The van der Waals surface area contributed by atoms with Gasteiger partial charge in [0.1, 0.15) is 17.4 Å². The van der Waals surface area contributed by atoms with Crippen LogP contribution in [0.4, 0.5) is 17.6 Å². The first-order valence-electron chi connectivity index (χ1n) is 14.9. The van der Waals surface area contributed by atoms with Crippen LogP contribution in [0, 0.1) is 35.3 Å². The van der Waals surface area contributed by atoms with E-state index in [-0.39, 0.29) is 22.5 Å². The number of hydrogen-bond acceptors (Lipinski definition) is 3. The van der Waals surface area contributed by atoms with Gasteiger partial charge in [0.2, 0.25) is 0 Å². The first-order chi connectivity index (χ1) is 19.7. The van der Waals surface area contributed by atoms with E-state index in [1.165, 1.54) is 12.1 Å². The number of ether oxygens (including phenoxy) is 3. The van der Waals surface area contributed by atoms with E-state index in [4.69, 9.17) is 25.8 Å². The highest BCUT2D eigenvalue weighted by Gasteiger charge is 2.45. The molecule has 1 saturated heterocycles. The molecular weight excluding hydrogens is 556 g/mol. The summed E-state index contributed by atoms with van der Waals surface area (Å²) in [5.41, 5.74) is 1.45. The molecular formula is C33H39ClF4O3. The number of hydrogen-bond donors (Lipinski definition) is 0. The monoisotopic (exact) mass is 594 g/mol. The minimum Gasteiger partial charge on any atom is -0.432 e. The molecule has 3 fully saturated rings. The Morgan fingerprint density at radius 1 is 0.878 bits per heavy atom. The number of halogens is 5. The van der Waals surface area contributed by atoms with E-state index in [9.17, 15) is 13.2 Å². The number of alkyl halides is 2. The van der Waals surface area contributed by atoms with Gasteiger partial charge in [-0.1, -0.05) is 35.9 Å². The minimum atomic E-state index is -3.37. The van der Waals surface area contributed by atoms with Crippen LogP contribution in [0.2, 0.25) is 5.02 Å². The fourth-order valence-corrected chi connectivity index (χ4v) is 6.95. The van der Waals surface area contributed by atoms with Crippen LogP contribution in [-0.2, 0) is 9.47 Å². The Kier molecular flexibility index (Phi) is 9.98. The lowest BCUT2D eigenvalue weighted by molar-refractivity contribution is -0.224. The molecule has 0 aromatic heterocycles. The smallest absolute Gasteiger partial charge is 0.400 e. The van der Waals surface area contributed by atoms with E-state index in [0.717, 1.165) is 43.7 Å². The van der Waals surface area contributed by atoms with Gasteiger partial charge in [0.25, 0.3) is 0 Å². The quantitative estimate of drug-likeness (QED) is 0.225. The number of benzene rings is 2. The van der Waals surface area contributed by atoms with Crippen LogP contribution in [-0.4, -0.2) is 19.3 Å². The van der Waals surface area contributed by atoms with Crippen LogP contribution in [0.1, 0.15) is 88.0 Å². The van der Waals surface area contributed by atoms with E-state index < -0.39 is 24.1 Å². The van der Waals surface area contributed by atoms with Crippen LogP contribution >= 0.6 is 11.6 Å². The average Bonchev–Trinajstić information content (AvgIpc) is 2.98. The van der Waals surface area contributed by atoms with E-state index in [1.807, 2.05) is 25.1 Å². The van der Waals surface area contributed by atoms with Gasteiger partial charge < -0.3 is 14.2 Å². The second-order valence-corrected chi connectivity index (χ2v) is 12.3. The van der Waals surface area contributed by atoms with Gasteiger partial charge in [-0.2, -0.15) is 8.78 Å². The highest BCUT2D eigenvalue weighted by Crippen LogP contribution is 2.47. The molecule has 2 aliphatic carbocycles. The number of allylic oxidation sites excluding steroid dienone is 2. The van der Waals surface area contributed by atoms with Crippen LogP contribution in [0.15, 0.2) is 48.6 Å². The Bertz CT molecular complexity index is 1180.